The first-order valence-corrected chi connectivity index (χ1v) is 11.3. The highest BCUT2D eigenvalue weighted by Crippen LogP contribution is 2.28. The zero-order valence-electron chi connectivity index (χ0n) is 16.1. The fourth-order valence-electron chi connectivity index (χ4n) is 3.98. The van der Waals surface area contributed by atoms with E-state index in [1.54, 1.807) is 12.1 Å². The molecular formula is C23H26N2O2S. The lowest BCUT2D eigenvalue weighted by Crippen LogP contribution is -2.48. The Morgan fingerprint density at radius 1 is 0.821 bits per heavy atom. The first-order valence-electron chi connectivity index (χ1n) is 9.86. The molecular weight excluding hydrogens is 368 g/mol. The van der Waals surface area contributed by atoms with E-state index in [0.29, 0.717) is 4.90 Å². The minimum absolute atomic E-state index is 0.0692. The summed E-state index contributed by atoms with van der Waals surface area (Å²) in [6.07, 6.45) is 3.93. The van der Waals surface area contributed by atoms with E-state index in [-0.39, 0.29) is 12.1 Å². The van der Waals surface area contributed by atoms with Crippen LogP contribution in [0.2, 0.25) is 0 Å². The van der Waals surface area contributed by atoms with Crippen LogP contribution in [-0.4, -0.2) is 20.5 Å². The average Bonchev–Trinajstić information content (AvgIpc) is 2.70. The molecule has 0 saturated heterocycles. The summed E-state index contributed by atoms with van der Waals surface area (Å²) in [5.74, 6) is 0. The van der Waals surface area contributed by atoms with E-state index in [1.807, 2.05) is 37.3 Å². The Morgan fingerprint density at radius 2 is 1.50 bits per heavy atom. The lowest BCUT2D eigenvalue weighted by Gasteiger charge is -2.33. The number of rotatable bonds is 5. The van der Waals surface area contributed by atoms with Crippen LogP contribution in [-0.2, 0) is 10.0 Å². The summed E-state index contributed by atoms with van der Waals surface area (Å²) in [5.41, 5.74) is 2.11. The number of nitrogens with one attached hydrogen (secondary N) is 2. The first-order chi connectivity index (χ1) is 13.5. The van der Waals surface area contributed by atoms with Crippen molar-refractivity contribution in [2.75, 3.05) is 5.32 Å². The van der Waals surface area contributed by atoms with Gasteiger partial charge in [-0.2, -0.15) is 0 Å². The molecule has 4 rings (SSSR count). The molecule has 146 valence electrons. The number of benzene rings is 3. The van der Waals surface area contributed by atoms with Gasteiger partial charge in [0.2, 0.25) is 10.0 Å². The molecule has 0 unspecified atom stereocenters. The molecule has 4 nitrogen and oxygen atoms in total. The quantitative estimate of drug-likeness (QED) is 0.650. The highest BCUT2D eigenvalue weighted by atomic mass is 32.2. The van der Waals surface area contributed by atoms with Crippen molar-refractivity contribution < 1.29 is 8.42 Å². The summed E-state index contributed by atoms with van der Waals surface area (Å²) in [6.45, 7) is 1.95. The van der Waals surface area contributed by atoms with Crippen LogP contribution in [0.1, 0.15) is 31.2 Å². The SMILES string of the molecule is Cc1ccc(S(=O)(=O)N[C@@H]2CCCC[C@H]2Nc2cccc3ccccc23)cc1. The van der Waals surface area contributed by atoms with Gasteiger partial charge in [-0.05, 0) is 43.4 Å². The average molecular weight is 395 g/mol. The van der Waals surface area contributed by atoms with Crippen molar-refractivity contribution in [3.05, 3.63) is 72.3 Å². The van der Waals surface area contributed by atoms with Gasteiger partial charge in [-0.25, -0.2) is 13.1 Å². The number of fused-ring (bicyclic) bond motifs is 1. The van der Waals surface area contributed by atoms with Crippen LogP contribution in [0.5, 0.6) is 0 Å². The molecule has 0 heterocycles. The second-order valence-electron chi connectivity index (χ2n) is 7.60. The van der Waals surface area contributed by atoms with Crippen LogP contribution in [0, 0.1) is 6.92 Å². The maximum absolute atomic E-state index is 12.9. The van der Waals surface area contributed by atoms with Gasteiger partial charge in [0, 0.05) is 23.2 Å². The largest absolute Gasteiger partial charge is 0.380 e. The van der Waals surface area contributed by atoms with E-state index in [4.69, 9.17) is 0 Å². The molecule has 28 heavy (non-hydrogen) atoms. The topological polar surface area (TPSA) is 58.2 Å². The maximum Gasteiger partial charge on any atom is 0.240 e. The van der Waals surface area contributed by atoms with Gasteiger partial charge in [0.1, 0.15) is 0 Å². The smallest absolute Gasteiger partial charge is 0.240 e. The lowest BCUT2D eigenvalue weighted by atomic mass is 9.90. The molecule has 3 aromatic carbocycles. The Bertz CT molecular complexity index is 1060. The molecule has 0 aliphatic heterocycles. The molecule has 2 N–H and O–H groups in total. The fourth-order valence-corrected chi connectivity index (χ4v) is 5.29. The highest BCUT2D eigenvalue weighted by Gasteiger charge is 2.29. The van der Waals surface area contributed by atoms with E-state index < -0.39 is 10.0 Å². The lowest BCUT2D eigenvalue weighted by molar-refractivity contribution is 0.379. The van der Waals surface area contributed by atoms with Crippen molar-refractivity contribution in [3.8, 4) is 0 Å². The molecule has 1 aliphatic rings. The second kappa shape index (κ2) is 7.94. The van der Waals surface area contributed by atoms with Gasteiger partial charge in [-0.1, -0.05) is 66.9 Å². The second-order valence-corrected chi connectivity index (χ2v) is 9.32. The van der Waals surface area contributed by atoms with Crippen molar-refractivity contribution in [2.24, 2.45) is 0 Å². The molecule has 0 bridgehead atoms. The van der Waals surface area contributed by atoms with Crippen LogP contribution < -0.4 is 10.0 Å². The zero-order chi connectivity index (χ0) is 19.6. The van der Waals surface area contributed by atoms with Gasteiger partial charge >= 0.3 is 0 Å². The monoisotopic (exact) mass is 394 g/mol. The normalized spacial score (nSPS) is 20.2. The van der Waals surface area contributed by atoms with Gasteiger partial charge in [0.05, 0.1) is 4.90 Å². The van der Waals surface area contributed by atoms with Gasteiger partial charge in [-0.15, -0.1) is 0 Å². The molecule has 0 radical (unpaired) electrons. The number of aryl methyl sites for hydroxylation is 1. The van der Waals surface area contributed by atoms with E-state index in [0.717, 1.165) is 42.3 Å². The van der Waals surface area contributed by atoms with Crippen LogP contribution in [0.4, 0.5) is 5.69 Å². The number of hydrogen-bond acceptors (Lipinski definition) is 3. The first kappa shape index (κ1) is 19.0. The third-order valence-electron chi connectivity index (χ3n) is 5.53. The fraction of sp³-hybridized carbons (Fsp3) is 0.304. The summed E-state index contributed by atoms with van der Waals surface area (Å²) in [6, 6.07) is 21.4. The van der Waals surface area contributed by atoms with E-state index >= 15 is 0 Å². The third-order valence-corrected chi connectivity index (χ3v) is 7.04. The molecule has 5 heteroatoms. The predicted molar refractivity (Wildman–Crippen MR) is 115 cm³/mol. The Kier molecular flexibility index (Phi) is 5.38. The summed E-state index contributed by atoms with van der Waals surface area (Å²) in [5, 5.41) is 5.97. The Hall–Kier alpha value is -2.37. The van der Waals surface area contributed by atoms with Gasteiger partial charge < -0.3 is 5.32 Å². The zero-order valence-corrected chi connectivity index (χ0v) is 16.9. The van der Waals surface area contributed by atoms with Gasteiger partial charge in [0.25, 0.3) is 0 Å². The van der Waals surface area contributed by atoms with Gasteiger partial charge in [-0.3, -0.25) is 0 Å². The molecule has 0 aromatic heterocycles. The molecule has 1 fully saturated rings. The number of sulfonamides is 1. The summed E-state index contributed by atoms with van der Waals surface area (Å²) >= 11 is 0. The molecule has 3 aromatic rings. The molecule has 0 spiro atoms. The summed E-state index contributed by atoms with van der Waals surface area (Å²) < 4.78 is 28.7. The predicted octanol–water partition coefficient (Wildman–Crippen LogP) is 4.85. The van der Waals surface area contributed by atoms with Gasteiger partial charge in [0.15, 0.2) is 0 Å². The Labute approximate surface area is 167 Å². The van der Waals surface area contributed by atoms with Crippen molar-refractivity contribution in [2.45, 2.75) is 49.6 Å². The Balaban J connectivity index is 1.57. The van der Waals surface area contributed by atoms with E-state index in [1.165, 1.54) is 5.39 Å². The third kappa shape index (κ3) is 4.05. The summed E-state index contributed by atoms with van der Waals surface area (Å²) in [4.78, 5) is 0.326. The highest BCUT2D eigenvalue weighted by molar-refractivity contribution is 7.89. The van der Waals surface area contributed by atoms with Crippen molar-refractivity contribution in [3.63, 3.8) is 0 Å². The maximum atomic E-state index is 12.9. The van der Waals surface area contributed by atoms with Crippen LogP contribution in [0.15, 0.2) is 71.6 Å². The minimum Gasteiger partial charge on any atom is -0.380 e. The standard InChI is InChI=1S/C23H26N2O2S/c1-17-13-15-19(16-14-17)28(26,27)25-23-11-5-4-10-22(23)24-21-12-6-8-18-7-2-3-9-20(18)21/h2-3,6-9,12-16,22-25H,4-5,10-11H2,1H3/t22-,23-/m1/s1. The number of hydrogen-bond donors (Lipinski definition) is 2. The summed E-state index contributed by atoms with van der Waals surface area (Å²) in [7, 11) is -3.53. The molecule has 1 aliphatic carbocycles. The van der Waals surface area contributed by atoms with Crippen LogP contribution >= 0.6 is 0 Å². The van der Waals surface area contributed by atoms with Crippen molar-refractivity contribution in [1.82, 2.24) is 4.72 Å². The minimum atomic E-state index is -3.53. The van der Waals surface area contributed by atoms with Crippen molar-refractivity contribution >= 4 is 26.5 Å². The number of anilines is 1. The van der Waals surface area contributed by atoms with Crippen molar-refractivity contribution in [1.29, 1.82) is 0 Å². The molecule has 0 amide bonds. The van der Waals surface area contributed by atoms with Crippen LogP contribution in [0.3, 0.4) is 0 Å². The van der Waals surface area contributed by atoms with Crippen LogP contribution in [0.25, 0.3) is 10.8 Å². The Morgan fingerprint density at radius 3 is 2.29 bits per heavy atom. The molecule has 2 atom stereocenters. The van der Waals surface area contributed by atoms with E-state index in [2.05, 4.69) is 34.3 Å². The van der Waals surface area contributed by atoms with E-state index in [9.17, 15) is 8.42 Å². The molecule has 1 saturated carbocycles.